The highest BCUT2D eigenvalue weighted by Gasteiger charge is 2.46. The van der Waals surface area contributed by atoms with E-state index in [0.717, 1.165) is 4.90 Å². The van der Waals surface area contributed by atoms with Crippen LogP contribution in [0.1, 0.15) is 46.5 Å². The van der Waals surface area contributed by atoms with Crippen LogP contribution in [-0.2, 0) is 25.7 Å². The van der Waals surface area contributed by atoms with Crippen LogP contribution in [-0.4, -0.2) is 46.7 Å². The van der Waals surface area contributed by atoms with Gasteiger partial charge < -0.3 is 9.47 Å². The Kier molecular flexibility index (Phi) is 6.86. The molecule has 1 aliphatic heterocycles. The average Bonchev–Trinajstić information content (AvgIpc) is 3.06. The summed E-state index contributed by atoms with van der Waals surface area (Å²) in [5, 5.41) is 10.8. The third kappa shape index (κ3) is 4.74. The zero-order valence-corrected chi connectivity index (χ0v) is 18.1. The maximum atomic E-state index is 12.9. The zero-order valence-electron chi connectivity index (χ0n) is 18.1. The van der Waals surface area contributed by atoms with E-state index in [-0.39, 0.29) is 43.0 Å². The summed E-state index contributed by atoms with van der Waals surface area (Å²) < 4.78 is 10.3. The molecule has 3 rings (SSSR count). The topological polar surface area (TPSA) is 133 Å². The molecule has 0 aromatic heterocycles. The van der Waals surface area contributed by atoms with E-state index in [4.69, 9.17) is 9.47 Å². The van der Waals surface area contributed by atoms with Crippen molar-refractivity contribution in [3.8, 4) is 0 Å². The Morgan fingerprint density at radius 3 is 2.03 bits per heavy atom. The lowest BCUT2D eigenvalue weighted by atomic mass is 9.86. The van der Waals surface area contributed by atoms with Crippen LogP contribution in [0.25, 0.3) is 0 Å². The Morgan fingerprint density at radius 2 is 1.52 bits per heavy atom. The quantitative estimate of drug-likeness (QED) is 0.186. The fourth-order valence-electron chi connectivity index (χ4n) is 3.38. The maximum absolute atomic E-state index is 12.9. The fourth-order valence-corrected chi connectivity index (χ4v) is 3.38. The molecule has 0 unspecified atom stereocenters. The molecule has 2 amide bonds. The summed E-state index contributed by atoms with van der Waals surface area (Å²) in [6.45, 7) is 2.54. The smallest absolute Gasteiger partial charge is 0.323 e. The van der Waals surface area contributed by atoms with Gasteiger partial charge in [-0.2, -0.15) is 0 Å². The minimum atomic E-state index is -1.77. The first-order valence-corrected chi connectivity index (χ1v) is 10.2. The number of benzene rings is 2. The predicted molar refractivity (Wildman–Crippen MR) is 114 cm³/mol. The molecule has 33 heavy (non-hydrogen) atoms. The molecule has 1 aliphatic rings. The zero-order chi connectivity index (χ0) is 24.2. The first-order valence-electron chi connectivity index (χ1n) is 10.2. The van der Waals surface area contributed by atoms with Crippen molar-refractivity contribution in [1.29, 1.82) is 0 Å². The van der Waals surface area contributed by atoms with Gasteiger partial charge in [0.25, 0.3) is 17.5 Å². The molecule has 0 spiro atoms. The average molecular weight is 454 g/mol. The van der Waals surface area contributed by atoms with Crippen molar-refractivity contribution in [2.75, 3.05) is 13.2 Å². The van der Waals surface area contributed by atoms with Crippen molar-refractivity contribution < 1.29 is 33.6 Å². The lowest BCUT2D eigenvalue weighted by molar-refractivity contribution is -0.384. The second kappa shape index (κ2) is 9.60. The number of nitro benzene ring substituents is 1. The lowest BCUT2D eigenvalue weighted by Crippen LogP contribution is -2.43. The van der Waals surface area contributed by atoms with E-state index < -0.39 is 34.1 Å². The molecule has 0 fully saturated rings. The number of imide groups is 1. The summed E-state index contributed by atoms with van der Waals surface area (Å²) in [6, 6.07) is 11.8. The molecule has 0 radical (unpaired) electrons. The van der Waals surface area contributed by atoms with Gasteiger partial charge in [0.05, 0.1) is 22.7 Å². The molecule has 2 aromatic rings. The minimum absolute atomic E-state index is 0.0249. The highest BCUT2D eigenvalue weighted by Crippen LogP contribution is 2.30. The summed E-state index contributed by atoms with van der Waals surface area (Å²) >= 11 is 0. The van der Waals surface area contributed by atoms with Gasteiger partial charge in [-0.1, -0.05) is 12.1 Å². The van der Waals surface area contributed by atoms with Crippen molar-refractivity contribution >= 4 is 29.4 Å². The van der Waals surface area contributed by atoms with Gasteiger partial charge in [-0.3, -0.25) is 34.2 Å². The van der Waals surface area contributed by atoms with Crippen LogP contribution in [0.4, 0.5) is 5.69 Å². The Morgan fingerprint density at radius 1 is 0.970 bits per heavy atom. The molecule has 0 bridgehead atoms. The van der Waals surface area contributed by atoms with Crippen LogP contribution < -0.4 is 0 Å². The summed E-state index contributed by atoms with van der Waals surface area (Å²) in [4.78, 5) is 61.9. The van der Waals surface area contributed by atoms with Gasteiger partial charge in [-0.15, -0.1) is 0 Å². The number of fused-ring (bicyclic) bond motifs is 1. The van der Waals surface area contributed by atoms with Crippen LogP contribution in [0.5, 0.6) is 0 Å². The number of nitrogens with zero attached hydrogens (tertiary/aromatic N) is 2. The summed E-state index contributed by atoms with van der Waals surface area (Å²) in [6.07, 6.45) is -0.198. The van der Waals surface area contributed by atoms with Crippen LogP contribution in [0.15, 0.2) is 48.5 Å². The number of amides is 2. The molecule has 1 atom stereocenters. The Bertz CT molecular complexity index is 1080. The largest absolute Gasteiger partial charge is 0.465 e. The van der Waals surface area contributed by atoms with Crippen molar-refractivity contribution in [3.05, 3.63) is 75.3 Å². The van der Waals surface area contributed by atoms with E-state index in [9.17, 15) is 29.3 Å². The molecule has 1 heterocycles. The maximum Gasteiger partial charge on any atom is 0.323 e. The summed E-state index contributed by atoms with van der Waals surface area (Å²) in [5.41, 5.74) is -0.864. The van der Waals surface area contributed by atoms with Crippen molar-refractivity contribution in [2.24, 2.45) is 5.41 Å². The van der Waals surface area contributed by atoms with Crippen molar-refractivity contribution in [2.45, 2.75) is 26.9 Å². The first kappa shape index (κ1) is 23.6. The minimum Gasteiger partial charge on any atom is -0.465 e. The van der Waals surface area contributed by atoms with Crippen LogP contribution >= 0.6 is 0 Å². The number of non-ortho nitro benzene ring substituents is 1. The number of esters is 2. The third-order valence-corrected chi connectivity index (χ3v) is 5.41. The van der Waals surface area contributed by atoms with E-state index >= 15 is 0 Å². The number of hydrogen-bond donors (Lipinski definition) is 0. The monoisotopic (exact) mass is 454 g/mol. The molecule has 0 aliphatic carbocycles. The SMILES string of the molecule is CCOC(=O)[C@](C)(CCN1C(=O)c2ccccc2C1=O)C(=O)OCc1ccc([N+](=O)[O-])cc1. The van der Waals surface area contributed by atoms with Crippen molar-refractivity contribution in [1.82, 2.24) is 4.90 Å². The molecule has 10 nitrogen and oxygen atoms in total. The van der Waals surface area contributed by atoms with E-state index in [1.807, 2.05) is 0 Å². The Balaban J connectivity index is 1.72. The normalized spacial score (nSPS) is 14.4. The van der Waals surface area contributed by atoms with E-state index in [1.54, 1.807) is 31.2 Å². The molecule has 2 aromatic carbocycles. The Labute approximate surface area is 189 Å². The summed E-state index contributed by atoms with van der Waals surface area (Å²) in [5.74, 6) is -2.73. The highest BCUT2D eigenvalue weighted by atomic mass is 16.6. The van der Waals surface area contributed by atoms with Crippen molar-refractivity contribution in [3.63, 3.8) is 0 Å². The van der Waals surface area contributed by atoms with Crippen LogP contribution in [0.2, 0.25) is 0 Å². The van der Waals surface area contributed by atoms with Gasteiger partial charge >= 0.3 is 11.9 Å². The fraction of sp³-hybridized carbons (Fsp3) is 0.304. The second-order valence-electron chi connectivity index (χ2n) is 7.61. The standard InChI is InChI=1S/C23H22N2O8/c1-3-32-21(28)23(2,22(29)33-14-15-8-10-16(11-9-15)25(30)31)12-13-24-19(26)17-6-4-5-7-18(17)20(24)27/h4-11H,3,12-14H2,1-2H3/t23-/m0/s1. The number of nitro groups is 1. The molecule has 10 heteroatoms. The molecular formula is C23H22N2O8. The second-order valence-corrected chi connectivity index (χ2v) is 7.61. The highest BCUT2D eigenvalue weighted by molar-refractivity contribution is 6.21. The number of hydrogen-bond acceptors (Lipinski definition) is 8. The number of rotatable bonds is 9. The Hall–Kier alpha value is -4.08. The predicted octanol–water partition coefficient (Wildman–Crippen LogP) is 2.89. The van der Waals surface area contributed by atoms with E-state index in [0.29, 0.717) is 5.56 Å². The van der Waals surface area contributed by atoms with Crippen LogP contribution in [0.3, 0.4) is 0 Å². The van der Waals surface area contributed by atoms with Gasteiger partial charge in [-0.05, 0) is 50.1 Å². The molecule has 172 valence electrons. The third-order valence-electron chi connectivity index (χ3n) is 5.41. The van der Waals surface area contributed by atoms with Gasteiger partial charge in [-0.25, -0.2) is 0 Å². The lowest BCUT2D eigenvalue weighted by Gasteiger charge is -2.27. The van der Waals surface area contributed by atoms with Gasteiger partial charge in [0, 0.05) is 18.7 Å². The first-order chi connectivity index (χ1) is 15.7. The number of carbonyl (C=O) groups excluding carboxylic acids is 4. The van der Waals surface area contributed by atoms with Gasteiger partial charge in [0.1, 0.15) is 6.61 Å². The molecule has 0 N–H and O–H groups in total. The van der Waals surface area contributed by atoms with E-state index in [2.05, 4.69) is 0 Å². The van der Waals surface area contributed by atoms with E-state index in [1.165, 1.54) is 31.2 Å². The van der Waals surface area contributed by atoms with Gasteiger partial charge in [0.2, 0.25) is 0 Å². The molecule has 0 saturated heterocycles. The summed E-state index contributed by atoms with van der Waals surface area (Å²) in [7, 11) is 0. The van der Waals surface area contributed by atoms with Gasteiger partial charge in [0.15, 0.2) is 5.41 Å². The molecular weight excluding hydrogens is 432 g/mol. The number of carbonyl (C=O) groups is 4. The van der Waals surface area contributed by atoms with Crippen LogP contribution in [0, 0.1) is 15.5 Å². The number of ether oxygens (including phenoxy) is 2. The molecule has 0 saturated carbocycles.